The van der Waals surface area contributed by atoms with Gasteiger partial charge in [-0.25, -0.2) is 0 Å². The first kappa shape index (κ1) is 7.74. The Morgan fingerprint density at radius 2 is 1.91 bits per heavy atom. The summed E-state index contributed by atoms with van der Waals surface area (Å²) >= 11 is 0. The third kappa shape index (κ3) is 1.38. The van der Waals surface area contributed by atoms with Gasteiger partial charge < -0.3 is 0 Å². The van der Waals surface area contributed by atoms with Crippen molar-refractivity contribution in [2.24, 2.45) is 0 Å². The molecule has 0 saturated heterocycles. The average Bonchev–Trinajstić information content (AvgIpc) is 1.97. The van der Waals surface area contributed by atoms with Crippen LogP contribution in [0.2, 0.25) is 0 Å². The summed E-state index contributed by atoms with van der Waals surface area (Å²) in [5.41, 5.74) is 3.57. The zero-order valence-electron chi connectivity index (χ0n) is 6.97. The van der Waals surface area contributed by atoms with Gasteiger partial charge in [0, 0.05) is 5.69 Å². The van der Waals surface area contributed by atoms with Gasteiger partial charge in [-0.2, -0.15) is 5.26 Å². The topological polar surface area (TPSA) is 36.7 Å². The van der Waals surface area contributed by atoms with Crippen LogP contribution in [-0.2, 0) is 0 Å². The van der Waals surface area contributed by atoms with Crippen LogP contribution in [0.3, 0.4) is 0 Å². The van der Waals surface area contributed by atoms with Gasteiger partial charge in [-0.05, 0) is 32.4 Å². The summed E-state index contributed by atoms with van der Waals surface area (Å²) in [5, 5.41) is 8.64. The Hall–Kier alpha value is -1.36. The van der Waals surface area contributed by atoms with E-state index in [2.05, 4.69) is 11.1 Å². The molecule has 0 amide bonds. The Labute approximate surface area is 66.5 Å². The van der Waals surface area contributed by atoms with E-state index in [1.54, 1.807) is 0 Å². The number of nitriles is 1. The normalized spacial score (nSPS) is 9.27. The number of aryl methyl sites for hydroxylation is 3. The van der Waals surface area contributed by atoms with Crippen LogP contribution in [0.15, 0.2) is 6.07 Å². The molecule has 11 heavy (non-hydrogen) atoms. The van der Waals surface area contributed by atoms with Crippen molar-refractivity contribution in [2.75, 3.05) is 0 Å². The summed E-state index contributed by atoms with van der Waals surface area (Å²) in [7, 11) is 0. The molecule has 0 radical (unpaired) electrons. The van der Waals surface area contributed by atoms with Crippen LogP contribution in [0, 0.1) is 32.1 Å². The number of nitrogens with zero attached hydrogens (tertiary/aromatic N) is 2. The van der Waals surface area contributed by atoms with Crippen LogP contribution in [0.5, 0.6) is 0 Å². The first-order valence-corrected chi connectivity index (χ1v) is 3.50. The zero-order valence-corrected chi connectivity index (χ0v) is 6.97. The van der Waals surface area contributed by atoms with Gasteiger partial charge in [0.2, 0.25) is 0 Å². The average molecular weight is 146 g/mol. The second-order valence-electron chi connectivity index (χ2n) is 2.64. The molecule has 0 aliphatic carbocycles. The summed E-state index contributed by atoms with van der Waals surface area (Å²) in [6.07, 6.45) is 0. The summed E-state index contributed by atoms with van der Waals surface area (Å²) in [6.45, 7) is 5.76. The van der Waals surface area contributed by atoms with Gasteiger partial charge in [-0.3, -0.25) is 4.98 Å². The van der Waals surface area contributed by atoms with Crippen molar-refractivity contribution in [2.45, 2.75) is 20.8 Å². The van der Waals surface area contributed by atoms with Crippen LogP contribution < -0.4 is 0 Å². The Kier molecular flexibility index (Phi) is 1.91. The van der Waals surface area contributed by atoms with Gasteiger partial charge >= 0.3 is 0 Å². The molecule has 0 saturated carbocycles. The molecule has 1 heterocycles. The standard InChI is InChI=1S/C9H10N2/c1-6-4-9(5-10)8(3)11-7(6)2/h4H,1-3H3. The second-order valence-corrected chi connectivity index (χ2v) is 2.64. The summed E-state index contributed by atoms with van der Waals surface area (Å²) in [5.74, 6) is 0. The quantitative estimate of drug-likeness (QED) is 0.560. The molecule has 0 fully saturated rings. The highest BCUT2D eigenvalue weighted by molar-refractivity contribution is 5.37. The maximum absolute atomic E-state index is 8.64. The molecule has 1 aromatic heterocycles. The van der Waals surface area contributed by atoms with Gasteiger partial charge in [-0.1, -0.05) is 0 Å². The fraction of sp³-hybridized carbons (Fsp3) is 0.333. The third-order valence-electron chi connectivity index (χ3n) is 1.78. The van der Waals surface area contributed by atoms with E-state index in [1.807, 2.05) is 26.8 Å². The highest BCUT2D eigenvalue weighted by Gasteiger charge is 2.00. The molecule has 1 aromatic rings. The predicted molar refractivity (Wildman–Crippen MR) is 43.2 cm³/mol. The first-order chi connectivity index (χ1) is 5.15. The molecule has 56 valence electrons. The van der Waals surface area contributed by atoms with Crippen LogP contribution >= 0.6 is 0 Å². The van der Waals surface area contributed by atoms with Crippen molar-refractivity contribution in [3.8, 4) is 6.07 Å². The monoisotopic (exact) mass is 146 g/mol. The van der Waals surface area contributed by atoms with E-state index < -0.39 is 0 Å². The van der Waals surface area contributed by atoms with E-state index in [0.717, 1.165) is 17.0 Å². The lowest BCUT2D eigenvalue weighted by atomic mass is 10.1. The highest BCUT2D eigenvalue weighted by atomic mass is 14.7. The summed E-state index contributed by atoms with van der Waals surface area (Å²) < 4.78 is 0. The summed E-state index contributed by atoms with van der Waals surface area (Å²) in [4.78, 5) is 4.22. The minimum absolute atomic E-state index is 0.674. The highest BCUT2D eigenvalue weighted by Crippen LogP contribution is 2.09. The molecule has 0 spiro atoms. The second kappa shape index (κ2) is 2.71. The number of aromatic nitrogens is 1. The van der Waals surface area contributed by atoms with Crippen molar-refractivity contribution in [1.29, 1.82) is 5.26 Å². The Morgan fingerprint density at radius 3 is 2.45 bits per heavy atom. The molecule has 0 aliphatic heterocycles. The predicted octanol–water partition coefficient (Wildman–Crippen LogP) is 1.88. The molecule has 1 rings (SSSR count). The molecule has 2 heteroatoms. The van der Waals surface area contributed by atoms with Gasteiger partial charge in [-0.15, -0.1) is 0 Å². The van der Waals surface area contributed by atoms with E-state index in [-0.39, 0.29) is 0 Å². The minimum atomic E-state index is 0.674. The molecule has 0 atom stereocenters. The van der Waals surface area contributed by atoms with Crippen LogP contribution in [0.4, 0.5) is 0 Å². The molecule has 2 nitrogen and oxygen atoms in total. The molecule has 0 aliphatic rings. The molecular formula is C9H10N2. The number of pyridine rings is 1. The van der Waals surface area contributed by atoms with E-state index in [4.69, 9.17) is 5.26 Å². The fourth-order valence-corrected chi connectivity index (χ4v) is 0.939. The lowest BCUT2D eigenvalue weighted by molar-refractivity contribution is 1.08. The van der Waals surface area contributed by atoms with E-state index in [9.17, 15) is 0 Å². The van der Waals surface area contributed by atoms with E-state index in [1.165, 1.54) is 0 Å². The molecule has 0 bridgehead atoms. The van der Waals surface area contributed by atoms with Gasteiger partial charge in [0.05, 0.1) is 11.3 Å². The number of hydrogen-bond donors (Lipinski definition) is 0. The van der Waals surface area contributed by atoms with Gasteiger partial charge in [0.15, 0.2) is 0 Å². The lowest BCUT2D eigenvalue weighted by Gasteiger charge is -2.01. The van der Waals surface area contributed by atoms with Crippen molar-refractivity contribution in [3.05, 3.63) is 28.6 Å². The molecule has 0 N–H and O–H groups in total. The van der Waals surface area contributed by atoms with Crippen LogP contribution in [-0.4, -0.2) is 4.98 Å². The number of rotatable bonds is 0. The Balaban J connectivity index is 3.35. The third-order valence-corrected chi connectivity index (χ3v) is 1.78. The summed E-state index contributed by atoms with van der Waals surface area (Å²) in [6, 6.07) is 3.97. The molecular weight excluding hydrogens is 136 g/mol. The molecule has 0 unspecified atom stereocenters. The molecule has 0 aromatic carbocycles. The minimum Gasteiger partial charge on any atom is -0.257 e. The van der Waals surface area contributed by atoms with E-state index in [0.29, 0.717) is 5.56 Å². The van der Waals surface area contributed by atoms with Gasteiger partial charge in [0.25, 0.3) is 0 Å². The fourth-order valence-electron chi connectivity index (χ4n) is 0.939. The Morgan fingerprint density at radius 1 is 1.27 bits per heavy atom. The smallest absolute Gasteiger partial charge is 0.101 e. The van der Waals surface area contributed by atoms with Crippen LogP contribution in [0.25, 0.3) is 0 Å². The van der Waals surface area contributed by atoms with E-state index >= 15 is 0 Å². The maximum Gasteiger partial charge on any atom is 0.101 e. The zero-order chi connectivity index (χ0) is 8.43. The van der Waals surface area contributed by atoms with Crippen molar-refractivity contribution in [3.63, 3.8) is 0 Å². The van der Waals surface area contributed by atoms with Crippen molar-refractivity contribution >= 4 is 0 Å². The Bertz CT molecular complexity index is 321. The SMILES string of the molecule is Cc1cc(C#N)c(C)nc1C. The first-order valence-electron chi connectivity index (χ1n) is 3.50. The maximum atomic E-state index is 8.64. The van der Waals surface area contributed by atoms with Crippen LogP contribution in [0.1, 0.15) is 22.5 Å². The number of hydrogen-bond acceptors (Lipinski definition) is 2. The lowest BCUT2D eigenvalue weighted by Crippen LogP contribution is -1.93. The van der Waals surface area contributed by atoms with Gasteiger partial charge in [0.1, 0.15) is 6.07 Å². The van der Waals surface area contributed by atoms with Crippen molar-refractivity contribution < 1.29 is 0 Å². The van der Waals surface area contributed by atoms with Crippen molar-refractivity contribution in [1.82, 2.24) is 4.98 Å². The largest absolute Gasteiger partial charge is 0.257 e.